The summed E-state index contributed by atoms with van der Waals surface area (Å²) >= 11 is 1.68. The number of methoxy groups -OCH3 is 1. The van der Waals surface area contributed by atoms with E-state index in [9.17, 15) is 0 Å². The fourth-order valence-corrected chi connectivity index (χ4v) is 2.95. The Bertz CT molecular complexity index is 724. The van der Waals surface area contributed by atoms with Crippen LogP contribution in [0.4, 0.5) is 5.82 Å². The first-order valence-electron chi connectivity index (χ1n) is 5.87. The average molecular weight is 271 g/mol. The van der Waals surface area contributed by atoms with Crippen LogP contribution in [0.25, 0.3) is 21.5 Å². The second-order valence-electron chi connectivity index (χ2n) is 4.19. The lowest BCUT2D eigenvalue weighted by Gasteiger charge is -2.04. The first kappa shape index (κ1) is 12.1. The van der Waals surface area contributed by atoms with Crippen LogP contribution in [0.2, 0.25) is 0 Å². The van der Waals surface area contributed by atoms with Gasteiger partial charge >= 0.3 is 0 Å². The van der Waals surface area contributed by atoms with E-state index in [-0.39, 0.29) is 0 Å². The van der Waals surface area contributed by atoms with Gasteiger partial charge in [-0.1, -0.05) is 18.2 Å². The molecule has 0 spiro atoms. The van der Waals surface area contributed by atoms with Crippen LogP contribution < -0.4 is 5.73 Å². The van der Waals surface area contributed by atoms with Crippen LogP contribution in [0.1, 0.15) is 5.69 Å². The summed E-state index contributed by atoms with van der Waals surface area (Å²) in [5, 5.41) is 3.22. The highest BCUT2D eigenvalue weighted by Gasteiger charge is 2.10. The first-order chi connectivity index (χ1) is 9.28. The van der Waals surface area contributed by atoms with Crippen molar-refractivity contribution in [3.63, 3.8) is 0 Å². The van der Waals surface area contributed by atoms with Gasteiger partial charge in [-0.05, 0) is 6.07 Å². The molecule has 19 heavy (non-hydrogen) atoms. The normalized spacial score (nSPS) is 11.0. The smallest absolute Gasteiger partial charge is 0.163 e. The van der Waals surface area contributed by atoms with Crippen molar-refractivity contribution >= 4 is 27.2 Å². The van der Waals surface area contributed by atoms with E-state index < -0.39 is 0 Å². The Morgan fingerprint density at radius 2 is 2.11 bits per heavy atom. The average Bonchev–Trinajstić information content (AvgIpc) is 2.82. The molecular weight excluding hydrogens is 258 g/mol. The standard InChI is InChI=1S/C14H13N3OS/c1-18-7-9-6-13(15)17-14(16-9)11-8-19-12-5-3-2-4-10(11)12/h2-6,8H,7H2,1H3,(H2,15,16,17). The highest BCUT2D eigenvalue weighted by molar-refractivity contribution is 7.17. The topological polar surface area (TPSA) is 61.0 Å². The quantitative estimate of drug-likeness (QED) is 0.795. The van der Waals surface area contributed by atoms with Gasteiger partial charge < -0.3 is 10.5 Å². The number of nitrogen functional groups attached to an aromatic ring is 1. The van der Waals surface area contributed by atoms with Gasteiger partial charge in [-0.2, -0.15) is 0 Å². The van der Waals surface area contributed by atoms with Crippen molar-refractivity contribution in [2.24, 2.45) is 0 Å². The van der Waals surface area contributed by atoms with Crippen molar-refractivity contribution in [2.45, 2.75) is 6.61 Å². The molecule has 0 bridgehead atoms. The highest BCUT2D eigenvalue weighted by Crippen LogP contribution is 2.32. The molecule has 0 aliphatic rings. The number of hydrogen-bond acceptors (Lipinski definition) is 5. The third-order valence-electron chi connectivity index (χ3n) is 2.81. The van der Waals surface area contributed by atoms with Crippen molar-refractivity contribution in [1.29, 1.82) is 0 Å². The third kappa shape index (κ3) is 2.30. The van der Waals surface area contributed by atoms with Crippen molar-refractivity contribution in [3.8, 4) is 11.4 Å². The molecule has 0 radical (unpaired) electrons. The molecule has 0 aliphatic carbocycles. The lowest BCUT2D eigenvalue weighted by Crippen LogP contribution is -2.01. The minimum Gasteiger partial charge on any atom is -0.384 e. The summed E-state index contributed by atoms with van der Waals surface area (Å²) in [7, 11) is 1.64. The van der Waals surface area contributed by atoms with Crippen LogP contribution in [0.15, 0.2) is 35.7 Å². The summed E-state index contributed by atoms with van der Waals surface area (Å²) in [6.45, 7) is 0.432. The molecule has 3 aromatic rings. The van der Waals surface area contributed by atoms with Crippen LogP contribution in [-0.4, -0.2) is 17.1 Å². The molecule has 4 nitrogen and oxygen atoms in total. The number of rotatable bonds is 3. The summed E-state index contributed by atoms with van der Waals surface area (Å²) in [6, 6.07) is 9.94. The van der Waals surface area contributed by atoms with Gasteiger partial charge in [0.1, 0.15) is 5.82 Å². The molecule has 0 saturated heterocycles. The molecule has 1 aromatic carbocycles. The molecule has 5 heteroatoms. The maximum atomic E-state index is 5.84. The van der Waals surface area contributed by atoms with E-state index in [2.05, 4.69) is 27.5 Å². The van der Waals surface area contributed by atoms with Crippen LogP contribution in [0, 0.1) is 0 Å². The SMILES string of the molecule is COCc1cc(N)nc(-c2csc3ccccc23)n1. The van der Waals surface area contributed by atoms with Crippen LogP contribution in [0.5, 0.6) is 0 Å². The molecule has 0 saturated carbocycles. The fraction of sp³-hybridized carbons (Fsp3) is 0.143. The van der Waals surface area contributed by atoms with Gasteiger partial charge in [0, 0.05) is 34.2 Å². The molecule has 0 amide bonds. The van der Waals surface area contributed by atoms with Crippen molar-refractivity contribution in [1.82, 2.24) is 9.97 Å². The predicted molar refractivity (Wildman–Crippen MR) is 78.0 cm³/mol. The Hall–Kier alpha value is -1.98. The van der Waals surface area contributed by atoms with Gasteiger partial charge in [-0.3, -0.25) is 0 Å². The van der Waals surface area contributed by atoms with Crippen molar-refractivity contribution < 1.29 is 4.74 Å². The van der Waals surface area contributed by atoms with E-state index in [4.69, 9.17) is 10.5 Å². The molecule has 0 fully saturated rings. The molecule has 0 atom stereocenters. The van der Waals surface area contributed by atoms with E-state index in [1.165, 1.54) is 4.70 Å². The first-order valence-corrected chi connectivity index (χ1v) is 6.75. The van der Waals surface area contributed by atoms with Gasteiger partial charge in [0.15, 0.2) is 5.82 Å². The molecule has 2 heterocycles. The molecule has 2 N–H and O–H groups in total. The van der Waals surface area contributed by atoms with Crippen molar-refractivity contribution in [2.75, 3.05) is 12.8 Å². The van der Waals surface area contributed by atoms with Gasteiger partial charge in [0.2, 0.25) is 0 Å². The number of thiophene rings is 1. The Morgan fingerprint density at radius 1 is 1.26 bits per heavy atom. The molecule has 0 unspecified atom stereocenters. The number of nitrogens with zero attached hydrogens (tertiary/aromatic N) is 2. The molecular formula is C14H13N3OS. The van der Waals surface area contributed by atoms with Crippen molar-refractivity contribution in [3.05, 3.63) is 41.4 Å². The predicted octanol–water partition coefficient (Wildman–Crippen LogP) is 3.09. The molecule has 3 rings (SSSR count). The lowest BCUT2D eigenvalue weighted by molar-refractivity contribution is 0.181. The highest BCUT2D eigenvalue weighted by atomic mass is 32.1. The zero-order valence-corrected chi connectivity index (χ0v) is 11.3. The molecule has 2 aromatic heterocycles. The largest absolute Gasteiger partial charge is 0.384 e. The summed E-state index contributed by atoms with van der Waals surface area (Å²) in [6.07, 6.45) is 0. The second-order valence-corrected chi connectivity index (χ2v) is 5.10. The van der Waals surface area contributed by atoms with E-state index in [1.54, 1.807) is 24.5 Å². The van der Waals surface area contributed by atoms with Gasteiger partial charge in [0.05, 0.1) is 12.3 Å². The maximum Gasteiger partial charge on any atom is 0.163 e. The Labute approximate surface area is 114 Å². The van der Waals surface area contributed by atoms with Crippen LogP contribution >= 0.6 is 11.3 Å². The number of anilines is 1. The summed E-state index contributed by atoms with van der Waals surface area (Å²) < 4.78 is 6.32. The Morgan fingerprint density at radius 3 is 2.95 bits per heavy atom. The second kappa shape index (κ2) is 4.95. The maximum absolute atomic E-state index is 5.84. The summed E-state index contributed by atoms with van der Waals surface area (Å²) in [4.78, 5) is 8.83. The number of hydrogen-bond donors (Lipinski definition) is 1. The zero-order chi connectivity index (χ0) is 13.2. The Balaban J connectivity index is 2.15. The lowest BCUT2D eigenvalue weighted by atomic mass is 10.1. The fourth-order valence-electron chi connectivity index (χ4n) is 2.01. The monoisotopic (exact) mass is 271 g/mol. The van der Waals surface area contributed by atoms with E-state index in [1.807, 2.05) is 12.1 Å². The zero-order valence-electron chi connectivity index (χ0n) is 10.5. The van der Waals surface area contributed by atoms with Gasteiger partial charge in [0.25, 0.3) is 0 Å². The Kier molecular flexibility index (Phi) is 3.15. The molecule has 96 valence electrons. The van der Waals surface area contributed by atoms with E-state index in [0.717, 1.165) is 16.6 Å². The van der Waals surface area contributed by atoms with Gasteiger partial charge in [-0.15, -0.1) is 11.3 Å². The minimum absolute atomic E-state index is 0.432. The van der Waals surface area contributed by atoms with E-state index in [0.29, 0.717) is 18.2 Å². The molecule has 0 aliphatic heterocycles. The summed E-state index contributed by atoms with van der Waals surface area (Å²) in [5.41, 5.74) is 7.65. The van der Waals surface area contributed by atoms with Crippen LogP contribution in [0.3, 0.4) is 0 Å². The minimum atomic E-state index is 0.432. The third-order valence-corrected chi connectivity index (χ3v) is 3.78. The number of ether oxygens (including phenoxy) is 1. The number of aromatic nitrogens is 2. The summed E-state index contributed by atoms with van der Waals surface area (Å²) in [5.74, 6) is 1.12. The van der Waals surface area contributed by atoms with E-state index >= 15 is 0 Å². The number of nitrogens with two attached hydrogens (primary N) is 1. The number of fused-ring (bicyclic) bond motifs is 1. The van der Waals surface area contributed by atoms with Gasteiger partial charge in [-0.25, -0.2) is 9.97 Å². The number of benzene rings is 1. The van der Waals surface area contributed by atoms with Crippen LogP contribution in [-0.2, 0) is 11.3 Å².